The minimum atomic E-state index is -0.485. The van der Waals surface area contributed by atoms with Crippen LogP contribution < -0.4 is 5.32 Å². The van der Waals surface area contributed by atoms with E-state index in [2.05, 4.69) is 11.4 Å². The van der Waals surface area contributed by atoms with E-state index in [1.807, 2.05) is 36.4 Å². The summed E-state index contributed by atoms with van der Waals surface area (Å²) in [5, 5.41) is 14.5. The maximum atomic E-state index is 10.4. The molecule has 1 unspecified atom stereocenters. The van der Waals surface area contributed by atoms with Crippen molar-refractivity contribution in [1.82, 2.24) is 0 Å². The lowest BCUT2D eigenvalue weighted by atomic mass is 9.98. The molecule has 19 heavy (non-hydrogen) atoms. The van der Waals surface area contributed by atoms with Gasteiger partial charge in [-0.1, -0.05) is 41.9 Å². The molecule has 98 valence electrons. The van der Waals surface area contributed by atoms with E-state index in [9.17, 15) is 5.11 Å². The van der Waals surface area contributed by atoms with Gasteiger partial charge >= 0.3 is 0 Å². The van der Waals surface area contributed by atoms with Crippen molar-refractivity contribution in [3.63, 3.8) is 0 Å². The van der Waals surface area contributed by atoms with Crippen LogP contribution in [0.4, 0.5) is 5.69 Å². The first-order valence-electron chi connectivity index (χ1n) is 6.52. The number of hydrogen-bond acceptors (Lipinski definition) is 2. The number of para-hydroxylation sites is 1. The van der Waals surface area contributed by atoms with E-state index in [-0.39, 0.29) is 0 Å². The molecule has 1 aliphatic heterocycles. The highest BCUT2D eigenvalue weighted by molar-refractivity contribution is 6.30. The van der Waals surface area contributed by atoms with Gasteiger partial charge in [-0.25, -0.2) is 0 Å². The second kappa shape index (κ2) is 5.24. The van der Waals surface area contributed by atoms with Gasteiger partial charge in [-0.2, -0.15) is 0 Å². The number of nitrogens with one attached hydrogen (secondary N) is 1. The van der Waals surface area contributed by atoms with Gasteiger partial charge in [-0.05, 0) is 29.7 Å². The minimum Gasteiger partial charge on any atom is -0.388 e. The molecule has 0 saturated heterocycles. The molecule has 3 rings (SSSR count). The first-order valence-corrected chi connectivity index (χ1v) is 6.90. The van der Waals surface area contributed by atoms with Gasteiger partial charge in [0, 0.05) is 29.2 Å². The molecule has 1 atom stereocenters. The molecule has 0 saturated carbocycles. The number of fused-ring (bicyclic) bond motifs is 1. The smallest absolute Gasteiger partial charge is 0.0850 e. The highest BCUT2D eigenvalue weighted by atomic mass is 35.5. The molecular formula is C16H16ClNO. The lowest BCUT2D eigenvalue weighted by molar-refractivity contribution is 0.179. The molecule has 0 fully saturated rings. The number of hydrogen-bond donors (Lipinski definition) is 2. The van der Waals surface area contributed by atoms with Gasteiger partial charge < -0.3 is 10.4 Å². The zero-order valence-corrected chi connectivity index (χ0v) is 11.3. The Hall–Kier alpha value is -1.51. The van der Waals surface area contributed by atoms with Gasteiger partial charge in [0.1, 0.15) is 0 Å². The van der Waals surface area contributed by atoms with Crippen LogP contribution in [0.3, 0.4) is 0 Å². The Morgan fingerprint density at radius 3 is 2.74 bits per heavy atom. The van der Waals surface area contributed by atoms with Crippen LogP contribution in [0.15, 0.2) is 42.5 Å². The van der Waals surface area contributed by atoms with Crippen LogP contribution in [0.2, 0.25) is 5.02 Å². The summed E-state index contributed by atoms with van der Waals surface area (Å²) in [7, 11) is 0. The highest BCUT2D eigenvalue weighted by Gasteiger charge is 2.18. The molecule has 1 aliphatic rings. The zero-order chi connectivity index (χ0) is 13.2. The average molecular weight is 274 g/mol. The van der Waals surface area contributed by atoms with Crippen molar-refractivity contribution in [3.8, 4) is 0 Å². The summed E-state index contributed by atoms with van der Waals surface area (Å²) in [5.74, 6) is 0. The number of rotatable bonds is 3. The van der Waals surface area contributed by atoms with E-state index in [0.29, 0.717) is 6.42 Å². The molecule has 1 heterocycles. The average Bonchev–Trinajstić information content (AvgIpc) is 2.89. The summed E-state index contributed by atoms with van der Waals surface area (Å²) in [6.07, 6.45) is 1.16. The van der Waals surface area contributed by atoms with E-state index in [4.69, 9.17) is 11.6 Å². The number of benzene rings is 2. The summed E-state index contributed by atoms with van der Waals surface area (Å²) >= 11 is 5.87. The fraction of sp³-hybridized carbons (Fsp3) is 0.250. The lowest BCUT2D eigenvalue weighted by Crippen LogP contribution is -2.05. The van der Waals surface area contributed by atoms with Gasteiger partial charge in [0.05, 0.1) is 6.10 Å². The molecule has 2 N–H and O–H groups in total. The Morgan fingerprint density at radius 2 is 1.95 bits per heavy atom. The fourth-order valence-electron chi connectivity index (χ4n) is 2.60. The molecule has 0 radical (unpaired) electrons. The van der Waals surface area contributed by atoms with Crippen molar-refractivity contribution in [2.45, 2.75) is 18.9 Å². The van der Waals surface area contributed by atoms with E-state index in [0.717, 1.165) is 34.8 Å². The van der Waals surface area contributed by atoms with Crippen LogP contribution in [0.5, 0.6) is 0 Å². The normalized spacial score (nSPS) is 14.8. The number of halogens is 1. The molecule has 0 spiro atoms. The summed E-state index contributed by atoms with van der Waals surface area (Å²) < 4.78 is 0. The van der Waals surface area contributed by atoms with Crippen LogP contribution in [-0.4, -0.2) is 11.7 Å². The Kier molecular flexibility index (Phi) is 3.45. The first kappa shape index (κ1) is 12.5. The molecule has 0 aliphatic carbocycles. The maximum Gasteiger partial charge on any atom is 0.0850 e. The molecule has 0 amide bonds. The second-order valence-electron chi connectivity index (χ2n) is 4.90. The Balaban J connectivity index is 1.83. The molecular weight excluding hydrogens is 258 g/mol. The Bertz CT molecular complexity index is 580. The topological polar surface area (TPSA) is 32.3 Å². The van der Waals surface area contributed by atoms with Crippen molar-refractivity contribution in [3.05, 3.63) is 64.2 Å². The summed E-state index contributed by atoms with van der Waals surface area (Å²) in [6, 6.07) is 13.8. The van der Waals surface area contributed by atoms with E-state index in [1.165, 1.54) is 5.56 Å². The molecule has 0 bridgehead atoms. The number of aliphatic hydroxyl groups is 1. The summed E-state index contributed by atoms with van der Waals surface area (Å²) in [6.45, 7) is 0.958. The monoisotopic (exact) mass is 273 g/mol. The quantitative estimate of drug-likeness (QED) is 0.896. The third-order valence-electron chi connectivity index (χ3n) is 3.58. The van der Waals surface area contributed by atoms with Crippen molar-refractivity contribution < 1.29 is 5.11 Å². The number of anilines is 1. The van der Waals surface area contributed by atoms with Gasteiger partial charge in [-0.15, -0.1) is 0 Å². The third kappa shape index (κ3) is 2.60. The largest absolute Gasteiger partial charge is 0.388 e. The summed E-state index contributed by atoms with van der Waals surface area (Å²) in [5.41, 5.74) is 4.49. The van der Waals surface area contributed by atoms with Crippen LogP contribution in [-0.2, 0) is 12.8 Å². The van der Waals surface area contributed by atoms with E-state index < -0.39 is 6.10 Å². The third-order valence-corrected chi connectivity index (χ3v) is 3.83. The van der Waals surface area contributed by atoms with E-state index in [1.54, 1.807) is 0 Å². The lowest BCUT2D eigenvalue weighted by Gasteiger charge is -2.15. The molecule has 2 aromatic carbocycles. The second-order valence-corrected chi connectivity index (χ2v) is 5.34. The van der Waals surface area contributed by atoms with Gasteiger partial charge in [0.15, 0.2) is 0 Å². The van der Waals surface area contributed by atoms with Crippen molar-refractivity contribution >= 4 is 17.3 Å². The van der Waals surface area contributed by atoms with Gasteiger partial charge in [0.25, 0.3) is 0 Å². The Labute approximate surface area is 118 Å². The van der Waals surface area contributed by atoms with Crippen LogP contribution in [0.1, 0.15) is 22.8 Å². The molecule has 2 aromatic rings. The van der Waals surface area contributed by atoms with Crippen molar-refractivity contribution in [2.24, 2.45) is 0 Å². The molecule has 2 nitrogen and oxygen atoms in total. The zero-order valence-electron chi connectivity index (χ0n) is 10.6. The Morgan fingerprint density at radius 1 is 1.16 bits per heavy atom. The predicted molar refractivity (Wildman–Crippen MR) is 78.8 cm³/mol. The molecule has 3 heteroatoms. The predicted octanol–water partition coefficient (Wildman–Crippen LogP) is 3.58. The highest BCUT2D eigenvalue weighted by Crippen LogP contribution is 2.32. The minimum absolute atomic E-state index is 0.485. The SMILES string of the molecule is OC(Cc1ccc(Cl)cc1)c1cccc2c1NCC2. The number of aliphatic hydroxyl groups excluding tert-OH is 1. The van der Waals surface area contributed by atoms with Crippen molar-refractivity contribution in [1.29, 1.82) is 0 Å². The standard InChI is InChI=1S/C16H16ClNO/c17-13-6-4-11(5-7-13)10-15(19)14-3-1-2-12-8-9-18-16(12)14/h1-7,15,18-19H,8-10H2. The van der Waals surface area contributed by atoms with Crippen LogP contribution >= 0.6 is 11.6 Å². The molecule has 0 aromatic heterocycles. The fourth-order valence-corrected chi connectivity index (χ4v) is 2.72. The van der Waals surface area contributed by atoms with Gasteiger partial charge in [0.2, 0.25) is 0 Å². The summed E-state index contributed by atoms with van der Waals surface area (Å²) in [4.78, 5) is 0. The van der Waals surface area contributed by atoms with E-state index >= 15 is 0 Å². The van der Waals surface area contributed by atoms with Crippen LogP contribution in [0, 0.1) is 0 Å². The van der Waals surface area contributed by atoms with Crippen molar-refractivity contribution in [2.75, 3.05) is 11.9 Å². The van der Waals surface area contributed by atoms with Gasteiger partial charge in [-0.3, -0.25) is 0 Å². The maximum absolute atomic E-state index is 10.4. The van der Waals surface area contributed by atoms with Crippen LogP contribution in [0.25, 0.3) is 0 Å². The first-order chi connectivity index (χ1) is 9.24.